The zero-order valence-corrected chi connectivity index (χ0v) is 8.47. The summed E-state index contributed by atoms with van der Waals surface area (Å²) in [6, 6.07) is 0. The van der Waals surface area contributed by atoms with Crippen molar-refractivity contribution < 1.29 is 9.63 Å². The molecule has 1 unspecified atom stereocenters. The van der Waals surface area contributed by atoms with Gasteiger partial charge in [-0.25, -0.2) is 0 Å². The van der Waals surface area contributed by atoms with Crippen LogP contribution in [-0.4, -0.2) is 21.8 Å². The third-order valence-electron chi connectivity index (χ3n) is 1.53. The maximum absolute atomic E-state index is 11.2. The van der Waals surface area contributed by atoms with Gasteiger partial charge in [0.1, 0.15) is 5.02 Å². The molecule has 6 heteroatoms. The first-order valence-corrected chi connectivity index (χ1v) is 4.57. The lowest BCUT2D eigenvalue weighted by Crippen LogP contribution is -2.24. The zero-order chi connectivity index (χ0) is 10.0. The van der Waals surface area contributed by atoms with Gasteiger partial charge < -0.3 is 9.63 Å². The number of aryl methyl sites for hydroxylation is 1. The summed E-state index contributed by atoms with van der Waals surface area (Å²) in [5, 5.41) is 9.18. The molecule has 1 aromatic heterocycles. The molecule has 0 saturated heterocycles. The monoisotopic (exact) mass is 225 g/mol. The van der Waals surface area contributed by atoms with Crippen LogP contribution in [0.4, 0.5) is 0 Å². The number of hydrogen-bond donors (Lipinski definition) is 1. The Balaban J connectivity index is 2.90. The van der Waals surface area contributed by atoms with Crippen molar-refractivity contribution >= 4 is 23.2 Å². The molecule has 0 aliphatic heterocycles. The van der Waals surface area contributed by atoms with E-state index in [9.17, 15) is 4.79 Å². The second-order valence-corrected chi connectivity index (χ2v) is 3.32. The summed E-state index contributed by atoms with van der Waals surface area (Å²) in [7, 11) is 0. The predicted octanol–water partition coefficient (Wildman–Crippen LogP) is 1.00. The average molecular weight is 226 g/mol. The van der Waals surface area contributed by atoms with E-state index in [0.717, 1.165) is 4.74 Å². The van der Waals surface area contributed by atoms with E-state index in [4.69, 9.17) is 32.8 Å². The van der Waals surface area contributed by atoms with E-state index in [1.165, 1.54) is 0 Å². The van der Waals surface area contributed by atoms with Crippen molar-refractivity contribution in [3.63, 3.8) is 0 Å². The van der Waals surface area contributed by atoms with Crippen LogP contribution in [0.15, 0.2) is 9.32 Å². The Kier molecular flexibility index (Phi) is 3.41. The van der Waals surface area contributed by atoms with E-state index in [-0.39, 0.29) is 17.4 Å². The summed E-state index contributed by atoms with van der Waals surface area (Å²) in [6.45, 7) is 1.60. The summed E-state index contributed by atoms with van der Waals surface area (Å²) < 4.78 is 5.96. The normalized spacial score (nSPS) is 13.2. The second-order valence-electron chi connectivity index (χ2n) is 2.64. The molecule has 0 aliphatic rings. The minimum atomic E-state index is -0.805. The fourth-order valence-electron chi connectivity index (χ4n) is 0.867. The standard InChI is InChI=1S/C7H9Cl2NO3/c1-4-6(9)7(12)10(13-4)3-5(11)2-8/h5,11H,2-3H2,1H3. The van der Waals surface area contributed by atoms with Gasteiger partial charge in [-0.3, -0.25) is 4.79 Å². The van der Waals surface area contributed by atoms with Crippen LogP contribution in [0.25, 0.3) is 0 Å². The van der Waals surface area contributed by atoms with Crippen molar-refractivity contribution in [2.24, 2.45) is 0 Å². The van der Waals surface area contributed by atoms with Gasteiger partial charge in [-0.05, 0) is 6.92 Å². The van der Waals surface area contributed by atoms with Gasteiger partial charge in [-0.15, -0.1) is 11.6 Å². The van der Waals surface area contributed by atoms with Gasteiger partial charge in [0.05, 0.1) is 18.5 Å². The molecule has 74 valence electrons. The second kappa shape index (κ2) is 4.17. The smallest absolute Gasteiger partial charge is 0.301 e. The number of aliphatic hydroxyl groups is 1. The van der Waals surface area contributed by atoms with Gasteiger partial charge in [-0.1, -0.05) is 11.6 Å². The summed E-state index contributed by atoms with van der Waals surface area (Å²) >= 11 is 10.9. The van der Waals surface area contributed by atoms with Crippen molar-refractivity contribution in [1.29, 1.82) is 0 Å². The van der Waals surface area contributed by atoms with Gasteiger partial charge in [0, 0.05) is 0 Å². The number of aliphatic hydroxyl groups excluding tert-OH is 1. The molecule has 0 aromatic carbocycles. The number of rotatable bonds is 3. The maximum atomic E-state index is 11.2. The van der Waals surface area contributed by atoms with Crippen LogP contribution in [0.2, 0.25) is 5.02 Å². The summed E-state index contributed by atoms with van der Waals surface area (Å²) in [6.07, 6.45) is -0.805. The SMILES string of the molecule is Cc1on(CC(O)CCl)c(=O)c1Cl. The molecule has 13 heavy (non-hydrogen) atoms. The largest absolute Gasteiger partial charge is 0.390 e. The third-order valence-corrected chi connectivity index (χ3v) is 2.31. The molecule has 4 nitrogen and oxygen atoms in total. The average Bonchev–Trinajstić information content (AvgIpc) is 2.34. The summed E-state index contributed by atoms with van der Waals surface area (Å²) in [5.41, 5.74) is -0.441. The molecule has 1 atom stereocenters. The van der Waals surface area contributed by atoms with Crippen LogP contribution in [0, 0.1) is 6.92 Å². The number of nitrogens with zero attached hydrogens (tertiary/aromatic N) is 1. The first-order valence-electron chi connectivity index (χ1n) is 3.66. The van der Waals surface area contributed by atoms with Crippen molar-refractivity contribution in [2.45, 2.75) is 19.6 Å². The van der Waals surface area contributed by atoms with E-state index >= 15 is 0 Å². The molecule has 0 saturated carbocycles. The summed E-state index contributed by atoms with van der Waals surface area (Å²) in [5.74, 6) is 0.387. The highest BCUT2D eigenvalue weighted by Crippen LogP contribution is 2.09. The molecule has 1 aromatic rings. The summed E-state index contributed by atoms with van der Waals surface area (Å²) in [4.78, 5) is 11.2. The molecule has 0 radical (unpaired) electrons. The van der Waals surface area contributed by atoms with Gasteiger partial charge in [0.25, 0.3) is 0 Å². The third kappa shape index (κ3) is 2.27. The van der Waals surface area contributed by atoms with E-state index in [1.807, 2.05) is 0 Å². The maximum Gasteiger partial charge on any atom is 0.301 e. The number of halogens is 2. The Morgan fingerprint density at radius 3 is 2.69 bits per heavy atom. The minimum Gasteiger partial charge on any atom is -0.390 e. The first-order chi connectivity index (χ1) is 6.06. The fraction of sp³-hybridized carbons (Fsp3) is 0.571. The molecular weight excluding hydrogens is 217 g/mol. The predicted molar refractivity (Wildman–Crippen MR) is 49.4 cm³/mol. The molecule has 0 bridgehead atoms. The van der Waals surface area contributed by atoms with Gasteiger partial charge in [0.15, 0.2) is 5.76 Å². The molecule has 0 spiro atoms. The van der Waals surface area contributed by atoms with Crippen molar-refractivity contribution in [1.82, 2.24) is 4.74 Å². The van der Waals surface area contributed by atoms with Crippen molar-refractivity contribution in [3.05, 3.63) is 21.1 Å². The van der Waals surface area contributed by atoms with E-state index in [1.54, 1.807) is 6.92 Å². The van der Waals surface area contributed by atoms with E-state index in [2.05, 4.69) is 0 Å². The highest BCUT2D eigenvalue weighted by Gasteiger charge is 2.13. The molecule has 0 amide bonds. The van der Waals surface area contributed by atoms with Crippen LogP contribution < -0.4 is 5.56 Å². The van der Waals surface area contributed by atoms with Crippen LogP contribution >= 0.6 is 23.2 Å². The Hall–Kier alpha value is -0.450. The van der Waals surface area contributed by atoms with Crippen molar-refractivity contribution in [3.8, 4) is 0 Å². The number of alkyl halides is 1. The van der Waals surface area contributed by atoms with Crippen molar-refractivity contribution in [2.75, 3.05) is 5.88 Å². The lowest BCUT2D eigenvalue weighted by molar-refractivity contribution is 0.124. The number of aromatic nitrogens is 1. The highest BCUT2D eigenvalue weighted by molar-refractivity contribution is 6.30. The number of hydrogen-bond acceptors (Lipinski definition) is 3. The Labute approximate surface area is 84.6 Å². The van der Waals surface area contributed by atoms with Gasteiger partial charge in [0.2, 0.25) is 0 Å². The topological polar surface area (TPSA) is 55.4 Å². The molecule has 0 aliphatic carbocycles. The molecule has 1 heterocycles. The van der Waals surface area contributed by atoms with E-state index < -0.39 is 11.7 Å². The lowest BCUT2D eigenvalue weighted by atomic mass is 10.4. The minimum absolute atomic E-state index is 0.0237. The van der Waals surface area contributed by atoms with Gasteiger partial charge >= 0.3 is 5.56 Å². The quantitative estimate of drug-likeness (QED) is 0.782. The Morgan fingerprint density at radius 1 is 1.69 bits per heavy atom. The van der Waals surface area contributed by atoms with Crippen LogP contribution in [0.3, 0.4) is 0 Å². The fourth-order valence-corrected chi connectivity index (χ4v) is 1.09. The first kappa shape index (κ1) is 10.6. The zero-order valence-electron chi connectivity index (χ0n) is 6.96. The highest BCUT2D eigenvalue weighted by atomic mass is 35.5. The van der Waals surface area contributed by atoms with Crippen LogP contribution in [0.5, 0.6) is 0 Å². The van der Waals surface area contributed by atoms with Crippen LogP contribution in [-0.2, 0) is 6.54 Å². The molecular formula is C7H9Cl2NO3. The molecule has 1 rings (SSSR count). The van der Waals surface area contributed by atoms with E-state index in [0.29, 0.717) is 5.76 Å². The Morgan fingerprint density at radius 2 is 2.31 bits per heavy atom. The lowest BCUT2D eigenvalue weighted by Gasteiger charge is -2.04. The molecule has 0 fully saturated rings. The molecule has 1 N–H and O–H groups in total. The van der Waals surface area contributed by atoms with Crippen LogP contribution in [0.1, 0.15) is 5.76 Å². The Bertz CT molecular complexity index is 344. The van der Waals surface area contributed by atoms with Gasteiger partial charge in [-0.2, -0.15) is 4.74 Å².